The first kappa shape index (κ1) is 21.7. The molecule has 0 bridgehead atoms. The van der Waals surface area contributed by atoms with Crippen molar-refractivity contribution in [1.82, 2.24) is 29.5 Å². The molecule has 3 heterocycles. The van der Waals surface area contributed by atoms with Crippen LogP contribution in [-0.2, 0) is 17.9 Å². The molecule has 3 aromatic heterocycles. The number of rotatable bonds is 6. The van der Waals surface area contributed by atoms with E-state index >= 15 is 0 Å². The highest BCUT2D eigenvalue weighted by Gasteiger charge is 2.17. The third-order valence-electron chi connectivity index (χ3n) is 5.28. The van der Waals surface area contributed by atoms with Gasteiger partial charge in [0.15, 0.2) is 5.65 Å². The molecule has 34 heavy (non-hydrogen) atoms. The van der Waals surface area contributed by atoms with Crippen LogP contribution in [-0.4, -0.2) is 35.4 Å². The normalized spacial score (nSPS) is 11.1. The van der Waals surface area contributed by atoms with Gasteiger partial charge < -0.3 is 0 Å². The molecule has 0 fully saturated rings. The summed E-state index contributed by atoms with van der Waals surface area (Å²) in [7, 11) is 0. The van der Waals surface area contributed by atoms with Crippen LogP contribution in [0.2, 0.25) is 5.02 Å². The van der Waals surface area contributed by atoms with Gasteiger partial charge in [-0.3, -0.25) is 10.1 Å². The van der Waals surface area contributed by atoms with E-state index in [-0.39, 0.29) is 24.2 Å². The minimum atomic E-state index is -0.334. The molecule has 5 aromatic rings. The summed E-state index contributed by atoms with van der Waals surface area (Å²) in [5.41, 5.74) is 3.97. The molecule has 0 unspecified atom stereocenters. The first-order chi connectivity index (χ1) is 16.5. The zero-order valence-corrected chi connectivity index (χ0v) is 18.9. The van der Waals surface area contributed by atoms with Crippen LogP contribution in [0.3, 0.4) is 0 Å². The molecule has 0 radical (unpaired) electrons. The molecule has 1 amide bonds. The number of aryl methyl sites for hydroxylation is 1. The van der Waals surface area contributed by atoms with Gasteiger partial charge in [-0.25, -0.2) is 23.7 Å². The Labute approximate surface area is 199 Å². The second-order valence-corrected chi connectivity index (χ2v) is 8.19. The van der Waals surface area contributed by atoms with E-state index in [9.17, 15) is 9.18 Å². The molecular formula is C24H19ClFN7O. The second-order valence-electron chi connectivity index (χ2n) is 7.75. The predicted octanol–water partition coefficient (Wildman–Crippen LogP) is 4.48. The average molecular weight is 476 g/mol. The SMILES string of the molecule is Cc1nn(CC(=O)Nc2ncn(Cc3cccc(Cl)c3)n2)c2nccc(-c3ccc(F)cc3)c12. The lowest BCUT2D eigenvalue weighted by molar-refractivity contribution is -0.116. The molecular weight excluding hydrogens is 457 g/mol. The lowest BCUT2D eigenvalue weighted by atomic mass is 10.0. The van der Waals surface area contributed by atoms with Crippen molar-refractivity contribution in [3.05, 3.63) is 89.2 Å². The summed E-state index contributed by atoms with van der Waals surface area (Å²) in [6.45, 7) is 2.26. The van der Waals surface area contributed by atoms with Gasteiger partial charge in [0.25, 0.3) is 0 Å². The van der Waals surface area contributed by atoms with E-state index in [4.69, 9.17) is 11.6 Å². The summed E-state index contributed by atoms with van der Waals surface area (Å²) in [4.78, 5) is 21.3. The van der Waals surface area contributed by atoms with Crippen molar-refractivity contribution < 1.29 is 9.18 Å². The summed E-state index contributed by atoms with van der Waals surface area (Å²) in [5, 5.41) is 13.0. The van der Waals surface area contributed by atoms with Crippen LogP contribution in [0, 0.1) is 12.7 Å². The Morgan fingerprint density at radius 1 is 1.09 bits per heavy atom. The van der Waals surface area contributed by atoms with Crippen LogP contribution in [0.1, 0.15) is 11.3 Å². The molecule has 0 aliphatic carbocycles. The van der Waals surface area contributed by atoms with Crippen LogP contribution in [0.25, 0.3) is 22.2 Å². The average Bonchev–Trinajstić information content (AvgIpc) is 3.38. The van der Waals surface area contributed by atoms with Crippen molar-refractivity contribution >= 4 is 34.5 Å². The van der Waals surface area contributed by atoms with E-state index in [1.165, 1.54) is 16.8 Å². The van der Waals surface area contributed by atoms with Gasteiger partial charge >= 0.3 is 0 Å². The number of pyridine rings is 1. The second kappa shape index (κ2) is 9.03. The number of benzene rings is 2. The van der Waals surface area contributed by atoms with Gasteiger partial charge in [0.2, 0.25) is 11.9 Å². The quantitative estimate of drug-likeness (QED) is 0.391. The lowest BCUT2D eigenvalue weighted by Crippen LogP contribution is -2.20. The lowest BCUT2D eigenvalue weighted by Gasteiger charge is -2.05. The summed E-state index contributed by atoms with van der Waals surface area (Å²) in [6, 6.07) is 15.5. The number of fused-ring (bicyclic) bond motifs is 1. The first-order valence-electron chi connectivity index (χ1n) is 10.5. The number of hydrogen-bond acceptors (Lipinski definition) is 5. The van der Waals surface area contributed by atoms with E-state index in [2.05, 4.69) is 25.5 Å². The zero-order valence-electron chi connectivity index (χ0n) is 18.1. The Morgan fingerprint density at radius 2 is 1.91 bits per heavy atom. The highest BCUT2D eigenvalue weighted by atomic mass is 35.5. The number of carbonyl (C=O) groups is 1. The molecule has 0 saturated carbocycles. The van der Waals surface area contributed by atoms with E-state index in [1.54, 1.807) is 35.4 Å². The highest BCUT2D eigenvalue weighted by molar-refractivity contribution is 6.30. The molecule has 2 aromatic carbocycles. The van der Waals surface area contributed by atoms with Crippen LogP contribution in [0.15, 0.2) is 67.1 Å². The molecule has 0 saturated heterocycles. The van der Waals surface area contributed by atoms with Crippen molar-refractivity contribution in [1.29, 1.82) is 0 Å². The Hall–Kier alpha value is -4.11. The smallest absolute Gasteiger partial charge is 0.248 e. The largest absolute Gasteiger partial charge is 0.292 e. The van der Waals surface area contributed by atoms with Gasteiger partial charge in [-0.2, -0.15) is 5.10 Å². The number of hydrogen-bond donors (Lipinski definition) is 1. The molecule has 170 valence electrons. The van der Waals surface area contributed by atoms with Crippen molar-refractivity contribution in [2.24, 2.45) is 0 Å². The Morgan fingerprint density at radius 3 is 2.71 bits per heavy atom. The molecule has 0 aliphatic rings. The fourth-order valence-corrected chi connectivity index (χ4v) is 4.03. The van der Waals surface area contributed by atoms with Gasteiger partial charge in [0.05, 0.1) is 12.2 Å². The third kappa shape index (κ3) is 4.51. The molecule has 1 N–H and O–H groups in total. The number of nitrogens with one attached hydrogen (secondary N) is 1. The Kier molecular flexibility index (Phi) is 5.77. The number of nitrogens with zero attached hydrogens (tertiary/aromatic N) is 6. The minimum absolute atomic E-state index is 0.0625. The number of amides is 1. The predicted molar refractivity (Wildman–Crippen MR) is 127 cm³/mol. The maximum absolute atomic E-state index is 13.4. The van der Waals surface area contributed by atoms with Crippen molar-refractivity contribution in [3.63, 3.8) is 0 Å². The van der Waals surface area contributed by atoms with Gasteiger partial charge in [0.1, 0.15) is 18.7 Å². The summed E-state index contributed by atoms with van der Waals surface area (Å²) < 4.78 is 16.5. The maximum Gasteiger partial charge on any atom is 0.248 e. The fraction of sp³-hybridized carbons (Fsp3) is 0.125. The standard InChI is InChI=1S/C24H19ClFN7O/c1-15-22-20(17-5-7-19(26)8-6-17)9-10-27-23(22)33(30-15)13-21(34)29-24-28-14-32(31-24)12-16-3-2-4-18(25)11-16/h2-11,14H,12-13H2,1H3,(H,29,31,34). The van der Waals surface area contributed by atoms with Crippen LogP contribution >= 0.6 is 11.6 Å². The molecule has 0 spiro atoms. The van der Waals surface area contributed by atoms with Crippen molar-refractivity contribution in [2.45, 2.75) is 20.0 Å². The van der Waals surface area contributed by atoms with Crippen molar-refractivity contribution in [3.8, 4) is 11.1 Å². The molecule has 8 nitrogen and oxygen atoms in total. The van der Waals surface area contributed by atoms with Gasteiger partial charge in [0, 0.05) is 16.6 Å². The minimum Gasteiger partial charge on any atom is -0.292 e. The Bertz CT molecular complexity index is 1490. The zero-order chi connectivity index (χ0) is 23.7. The van der Waals surface area contributed by atoms with Crippen LogP contribution < -0.4 is 5.32 Å². The number of aromatic nitrogens is 6. The molecule has 0 atom stereocenters. The Balaban J connectivity index is 1.33. The van der Waals surface area contributed by atoms with Crippen molar-refractivity contribution in [2.75, 3.05) is 5.32 Å². The van der Waals surface area contributed by atoms with Crippen LogP contribution in [0.4, 0.5) is 10.3 Å². The number of anilines is 1. The summed E-state index contributed by atoms with van der Waals surface area (Å²) in [5.74, 6) is -0.444. The topological polar surface area (TPSA) is 90.5 Å². The highest BCUT2D eigenvalue weighted by Crippen LogP contribution is 2.29. The van der Waals surface area contributed by atoms with E-state index in [0.717, 1.165) is 27.8 Å². The molecule has 5 rings (SSSR count). The monoisotopic (exact) mass is 475 g/mol. The van der Waals surface area contributed by atoms with Gasteiger partial charge in [-0.05, 0) is 53.9 Å². The van der Waals surface area contributed by atoms with Gasteiger partial charge in [-0.1, -0.05) is 35.9 Å². The maximum atomic E-state index is 13.4. The first-order valence-corrected chi connectivity index (χ1v) is 10.9. The molecule has 10 heteroatoms. The number of carbonyl (C=O) groups excluding carboxylic acids is 1. The summed E-state index contributed by atoms with van der Waals surface area (Å²) in [6.07, 6.45) is 3.19. The van der Waals surface area contributed by atoms with Gasteiger partial charge in [-0.15, -0.1) is 5.10 Å². The summed E-state index contributed by atoms with van der Waals surface area (Å²) >= 11 is 6.03. The fourth-order valence-electron chi connectivity index (χ4n) is 3.81. The van der Waals surface area contributed by atoms with Crippen LogP contribution in [0.5, 0.6) is 0 Å². The third-order valence-corrected chi connectivity index (χ3v) is 5.51. The molecule has 0 aliphatic heterocycles. The van der Waals surface area contributed by atoms with E-state index in [1.807, 2.05) is 31.2 Å². The van der Waals surface area contributed by atoms with E-state index in [0.29, 0.717) is 17.2 Å². The van der Waals surface area contributed by atoms with E-state index < -0.39 is 0 Å². The number of halogens is 2.